The van der Waals surface area contributed by atoms with E-state index in [2.05, 4.69) is 58.0 Å². The van der Waals surface area contributed by atoms with Gasteiger partial charge in [0.05, 0.1) is 32.5 Å². The minimum Gasteiger partial charge on any atom is -0.491 e. The van der Waals surface area contributed by atoms with Gasteiger partial charge in [0, 0.05) is 32.6 Å². The van der Waals surface area contributed by atoms with Gasteiger partial charge in [-0.2, -0.15) is 0 Å². The SMILES string of the molecule is CC.CC.CC.CCCC[C@@]1(CC)CSc2ccc(OCCOCCOCCOc3ccc4c(c3)[C@@H](c3ccc(F)cc3)[C@@H](O)[C@](CCC)(CCCC)CS4)cc2[C@H](Cc2ccc(F)cc2)C1. The topological polar surface area (TPSA) is 57.2 Å². The molecule has 0 fully saturated rings. The van der Waals surface area contributed by atoms with Gasteiger partial charge in [0.1, 0.15) is 36.3 Å². The Hall–Kier alpha value is -3.08. The van der Waals surface area contributed by atoms with Crippen LogP contribution in [0.4, 0.5) is 8.78 Å². The van der Waals surface area contributed by atoms with Crippen molar-refractivity contribution in [3.05, 3.63) is 119 Å². The summed E-state index contributed by atoms with van der Waals surface area (Å²) in [4.78, 5) is 2.47. The highest BCUT2D eigenvalue weighted by molar-refractivity contribution is 7.99. The number of hydrogen-bond donors (Lipinski definition) is 1. The molecule has 0 radical (unpaired) electrons. The van der Waals surface area contributed by atoms with Crippen molar-refractivity contribution in [3.8, 4) is 11.5 Å². The van der Waals surface area contributed by atoms with Crippen LogP contribution in [0.3, 0.4) is 0 Å². The maximum absolute atomic E-state index is 14.1. The lowest BCUT2D eigenvalue weighted by Crippen LogP contribution is -2.41. The predicted molar refractivity (Wildman–Crippen MR) is 282 cm³/mol. The van der Waals surface area contributed by atoms with Gasteiger partial charge in [-0.1, -0.05) is 126 Å². The average molecular weight is 965 g/mol. The minimum absolute atomic E-state index is 0.196. The number of benzene rings is 4. The van der Waals surface area contributed by atoms with Gasteiger partial charge in [-0.05, 0) is 133 Å². The van der Waals surface area contributed by atoms with Crippen LogP contribution in [0.1, 0.15) is 168 Å². The van der Waals surface area contributed by atoms with Crippen LogP contribution in [0, 0.1) is 22.5 Å². The van der Waals surface area contributed by atoms with Crippen LogP contribution < -0.4 is 9.47 Å². The highest BCUT2D eigenvalue weighted by Crippen LogP contribution is 2.53. The van der Waals surface area contributed by atoms with Crippen LogP contribution in [0.5, 0.6) is 11.5 Å². The second-order valence-corrected chi connectivity index (χ2v) is 19.3. The van der Waals surface area contributed by atoms with Gasteiger partial charge < -0.3 is 24.1 Å². The molecule has 2 aliphatic rings. The van der Waals surface area contributed by atoms with Crippen molar-refractivity contribution in [2.45, 2.75) is 168 Å². The van der Waals surface area contributed by atoms with E-state index < -0.39 is 6.10 Å². The Kier molecular flexibility index (Phi) is 27.8. The fraction of sp³-hybridized carbons (Fsp3) is 0.586. The molecule has 5 atom stereocenters. The lowest BCUT2D eigenvalue weighted by atomic mass is 9.68. The molecule has 4 aromatic carbocycles. The van der Waals surface area contributed by atoms with Gasteiger partial charge in [0.2, 0.25) is 0 Å². The first-order chi connectivity index (χ1) is 32.7. The number of thioether (sulfide) groups is 2. The number of unbranched alkanes of at least 4 members (excludes halogenated alkanes) is 2. The van der Waals surface area contributed by atoms with E-state index in [0.717, 1.165) is 90.4 Å². The molecule has 0 aromatic heterocycles. The predicted octanol–water partition coefficient (Wildman–Crippen LogP) is 16.5. The third-order valence-electron chi connectivity index (χ3n) is 13.0. The normalized spacial score (nSPS) is 20.8. The van der Waals surface area contributed by atoms with E-state index in [4.69, 9.17) is 18.9 Å². The van der Waals surface area contributed by atoms with E-state index in [1.165, 1.54) is 47.4 Å². The average Bonchev–Trinajstić information content (AvgIpc) is 3.59. The highest BCUT2D eigenvalue weighted by Gasteiger charge is 2.45. The molecule has 0 amide bonds. The maximum Gasteiger partial charge on any atom is 0.123 e. The summed E-state index contributed by atoms with van der Waals surface area (Å²) in [6.45, 7) is 23.6. The number of halogens is 2. The van der Waals surface area contributed by atoms with Crippen LogP contribution in [0.25, 0.3) is 0 Å². The Bertz CT molecular complexity index is 1930. The summed E-state index contributed by atoms with van der Waals surface area (Å²) in [5.74, 6) is 3.12. The first-order valence-electron chi connectivity index (χ1n) is 25.8. The number of aliphatic hydroxyl groups is 1. The molecule has 5 nitrogen and oxygen atoms in total. The van der Waals surface area contributed by atoms with Gasteiger partial charge in [-0.15, -0.1) is 23.5 Å². The van der Waals surface area contributed by atoms with Crippen molar-refractivity contribution < 1.29 is 32.8 Å². The molecule has 0 bridgehead atoms. The summed E-state index contributed by atoms with van der Waals surface area (Å²) in [7, 11) is 0. The molecular formula is C58H86F2O5S2. The Morgan fingerprint density at radius 1 is 0.582 bits per heavy atom. The summed E-state index contributed by atoms with van der Waals surface area (Å²) in [6, 6.07) is 26.3. The van der Waals surface area contributed by atoms with Gasteiger partial charge in [0.15, 0.2) is 0 Å². The Morgan fingerprint density at radius 2 is 1.09 bits per heavy atom. The Morgan fingerprint density at radius 3 is 1.64 bits per heavy atom. The molecule has 0 unspecified atom stereocenters. The quantitative estimate of drug-likeness (QED) is 0.0743. The number of aliphatic hydroxyl groups excluding tert-OH is 1. The van der Waals surface area contributed by atoms with Crippen molar-refractivity contribution in [3.63, 3.8) is 0 Å². The minimum atomic E-state index is -0.605. The van der Waals surface area contributed by atoms with Crippen molar-refractivity contribution in [2.24, 2.45) is 10.8 Å². The first kappa shape index (κ1) is 58.2. The number of ether oxygens (including phenoxy) is 4. The monoisotopic (exact) mass is 965 g/mol. The molecule has 4 aromatic rings. The van der Waals surface area contributed by atoms with Crippen LogP contribution in [0.2, 0.25) is 0 Å². The molecule has 0 saturated heterocycles. The van der Waals surface area contributed by atoms with E-state index >= 15 is 0 Å². The number of rotatable bonds is 23. The van der Waals surface area contributed by atoms with Crippen molar-refractivity contribution >= 4 is 23.5 Å². The summed E-state index contributed by atoms with van der Waals surface area (Å²) in [6.07, 6.45) is 11.3. The molecule has 67 heavy (non-hydrogen) atoms. The zero-order valence-corrected chi connectivity index (χ0v) is 44.5. The molecule has 374 valence electrons. The molecule has 0 saturated carbocycles. The van der Waals surface area contributed by atoms with E-state index in [9.17, 15) is 13.9 Å². The summed E-state index contributed by atoms with van der Waals surface area (Å²) < 4.78 is 52.0. The van der Waals surface area contributed by atoms with Crippen LogP contribution in [-0.4, -0.2) is 62.4 Å². The first-order valence-corrected chi connectivity index (χ1v) is 27.8. The maximum atomic E-state index is 14.1. The Balaban J connectivity index is 0.00000191. The highest BCUT2D eigenvalue weighted by atomic mass is 32.2. The smallest absolute Gasteiger partial charge is 0.123 e. The summed E-state index contributed by atoms with van der Waals surface area (Å²) >= 11 is 3.81. The number of hydrogen-bond acceptors (Lipinski definition) is 7. The van der Waals surface area contributed by atoms with Gasteiger partial charge in [0.25, 0.3) is 0 Å². The fourth-order valence-corrected chi connectivity index (χ4v) is 12.3. The van der Waals surface area contributed by atoms with Crippen molar-refractivity contribution in [1.29, 1.82) is 0 Å². The molecule has 2 aliphatic heterocycles. The molecule has 1 N–H and O–H groups in total. The molecule has 0 spiro atoms. The van der Waals surface area contributed by atoms with Gasteiger partial charge in [-0.25, -0.2) is 8.78 Å². The summed E-state index contributed by atoms with van der Waals surface area (Å²) in [5.41, 5.74) is 4.50. The standard InChI is InChI=1S/C52H68F2O5S2.3C2H6/c1-5-9-24-51(8-4)35-40(32-38-11-15-41(53)16-12-38)45-33-43(19-21-47(45)60-36-51)58-30-28-56-26-27-57-29-31-59-44-20-22-48-46(34-44)49(39-13-17-42(54)18-14-39)50(55)52(23-7-3,37-61-48)25-10-6-2;3*1-2/h11-22,33-34,40,49-50,55H,5-10,23-32,35-37H2,1-4H3;3*1-2H3/t40-,49-,50-,51-,52-;;;/m1.../s1. The Labute approximate surface area is 414 Å². The largest absolute Gasteiger partial charge is 0.491 e. The molecule has 2 heterocycles. The molecule has 6 rings (SSSR count). The van der Waals surface area contributed by atoms with E-state index in [1.807, 2.05) is 95.4 Å². The third-order valence-corrected chi connectivity index (χ3v) is 15.8. The zero-order valence-electron chi connectivity index (χ0n) is 42.9. The molecular weight excluding hydrogens is 879 g/mol. The van der Waals surface area contributed by atoms with E-state index in [0.29, 0.717) is 45.6 Å². The lowest BCUT2D eigenvalue weighted by molar-refractivity contribution is 0.0143. The molecule has 9 heteroatoms. The third kappa shape index (κ3) is 17.4. The van der Waals surface area contributed by atoms with Crippen molar-refractivity contribution in [2.75, 3.05) is 51.1 Å². The number of fused-ring (bicyclic) bond motifs is 2. The summed E-state index contributed by atoms with van der Waals surface area (Å²) in [5, 5.41) is 12.2. The van der Waals surface area contributed by atoms with Crippen molar-refractivity contribution in [1.82, 2.24) is 0 Å². The second kappa shape index (κ2) is 31.9. The second-order valence-electron chi connectivity index (χ2n) is 17.3. The van der Waals surface area contributed by atoms with Crippen LogP contribution >= 0.6 is 23.5 Å². The van der Waals surface area contributed by atoms with E-state index in [-0.39, 0.29) is 28.4 Å². The van der Waals surface area contributed by atoms with Gasteiger partial charge in [-0.3, -0.25) is 0 Å². The molecule has 0 aliphatic carbocycles. The zero-order chi connectivity index (χ0) is 49.1. The van der Waals surface area contributed by atoms with Crippen LogP contribution in [0.15, 0.2) is 94.7 Å². The lowest BCUT2D eigenvalue weighted by Gasteiger charge is -2.40. The van der Waals surface area contributed by atoms with E-state index in [1.54, 1.807) is 12.1 Å². The van der Waals surface area contributed by atoms with Gasteiger partial charge >= 0.3 is 0 Å². The fourth-order valence-electron chi connectivity index (χ4n) is 9.43. The van der Waals surface area contributed by atoms with Crippen LogP contribution in [-0.2, 0) is 15.9 Å².